The third-order valence-corrected chi connectivity index (χ3v) is 5.27. The maximum atomic E-state index is 12.5. The highest BCUT2D eigenvalue weighted by atomic mass is 127. The number of carbonyl (C=O) groups excluding carboxylic acids is 1. The van der Waals surface area contributed by atoms with Gasteiger partial charge in [-0.3, -0.25) is 4.79 Å². The predicted molar refractivity (Wildman–Crippen MR) is 130 cm³/mol. The minimum absolute atomic E-state index is 0.0192. The van der Waals surface area contributed by atoms with Crippen molar-refractivity contribution in [1.29, 1.82) is 5.26 Å². The Morgan fingerprint density at radius 2 is 1.94 bits per heavy atom. The smallest absolute Gasteiger partial charge is 0.266 e. The van der Waals surface area contributed by atoms with Crippen molar-refractivity contribution in [3.63, 3.8) is 0 Å². The largest absolute Gasteiger partial charge is 0.493 e. The van der Waals surface area contributed by atoms with Crippen LogP contribution < -0.4 is 14.8 Å². The number of nitrogens with one attached hydrogen (secondary N) is 1. The van der Waals surface area contributed by atoms with Gasteiger partial charge in [-0.2, -0.15) is 5.26 Å². The number of methoxy groups -OCH3 is 1. The van der Waals surface area contributed by atoms with Crippen molar-refractivity contribution in [1.82, 2.24) is 0 Å². The van der Waals surface area contributed by atoms with E-state index in [4.69, 9.17) is 21.1 Å². The molecule has 0 bridgehead atoms. The molecule has 0 atom stereocenters. The zero-order valence-electron chi connectivity index (χ0n) is 16.6. The van der Waals surface area contributed by atoms with Crippen LogP contribution in [0, 0.1) is 14.9 Å². The Hall–Kier alpha value is -3.02. The predicted octanol–water partition coefficient (Wildman–Crippen LogP) is 6.08. The van der Waals surface area contributed by atoms with Crippen molar-refractivity contribution in [3.8, 4) is 17.6 Å². The molecule has 0 aliphatic carbocycles. The van der Waals surface area contributed by atoms with Crippen molar-refractivity contribution in [2.45, 2.75) is 6.61 Å². The summed E-state index contributed by atoms with van der Waals surface area (Å²) in [4.78, 5) is 12.5. The SMILES string of the molecule is COc1cc(/C=C(\C#N)C(=O)Nc2ccccc2)cc(I)c1OCc1cccc(Cl)c1. The van der Waals surface area contributed by atoms with E-state index in [1.54, 1.807) is 43.5 Å². The average molecular weight is 545 g/mol. The Morgan fingerprint density at radius 3 is 2.61 bits per heavy atom. The fourth-order valence-corrected chi connectivity index (χ4v) is 3.77. The number of hydrogen-bond donors (Lipinski definition) is 1. The molecule has 3 rings (SSSR count). The number of amides is 1. The van der Waals surface area contributed by atoms with Gasteiger partial charge in [0.15, 0.2) is 11.5 Å². The van der Waals surface area contributed by atoms with Crippen LogP contribution in [0.25, 0.3) is 6.08 Å². The number of nitriles is 1. The first-order valence-corrected chi connectivity index (χ1v) is 10.7. The Kier molecular flexibility index (Phi) is 7.93. The van der Waals surface area contributed by atoms with Crippen LogP contribution in [-0.4, -0.2) is 13.0 Å². The molecule has 5 nitrogen and oxygen atoms in total. The first-order valence-electron chi connectivity index (χ1n) is 9.23. The highest BCUT2D eigenvalue weighted by Gasteiger charge is 2.14. The summed E-state index contributed by atoms with van der Waals surface area (Å²) in [6.45, 7) is 0.324. The van der Waals surface area contributed by atoms with Crippen LogP contribution in [0.4, 0.5) is 5.69 Å². The molecule has 0 spiro atoms. The zero-order chi connectivity index (χ0) is 22.2. The van der Waals surface area contributed by atoms with Crippen LogP contribution in [-0.2, 0) is 11.4 Å². The number of ether oxygens (including phenoxy) is 2. The van der Waals surface area contributed by atoms with Gasteiger partial charge in [0, 0.05) is 10.7 Å². The highest BCUT2D eigenvalue weighted by molar-refractivity contribution is 14.1. The number of anilines is 1. The van der Waals surface area contributed by atoms with Crippen LogP contribution in [0.15, 0.2) is 72.3 Å². The topological polar surface area (TPSA) is 71.3 Å². The number of hydrogen-bond acceptors (Lipinski definition) is 4. The van der Waals surface area contributed by atoms with Gasteiger partial charge in [0.2, 0.25) is 0 Å². The third-order valence-electron chi connectivity index (χ3n) is 4.23. The Bertz CT molecular complexity index is 1160. The summed E-state index contributed by atoms with van der Waals surface area (Å²) in [6.07, 6.45) is 1.52. The summed E-state index contributed by atoms with van der Waals surface area (Å²) < 4.78 is 12.2. The summed E-state index contributed by atoms with van der Waals surface area (Å²) in [5, 5.41) is 12.8. The molecule has 1 amide bonds. The minimum atomic E-state index is -0.482. The molecule has 1 N–H and O–H groups in total. The molecule has 0 aliphatic rings. The van der Waals surface area contributed by atoms with Gasteiger partial charge < -0.3 is 14.8 Å². The monoisotopic (exact) mass is 544 g/mol. The first kappa shape index (κ1) is 22.7. The summed E-state index contributed by atoms with van der Waals surface area (Å²) in [5.41, 5.74) is 2.18. The number of nitrogens with zero attached hydrogens (tertiary/aromatic N) is 1. The molecule has 3 aromatic carbocycles. The van der Waals surface area contributed by atoms with Gasteiger partial charge in [-0.15, -0.1) is 0 Å². The maximum absolute atomic E-state index is 12.5. The lowest BCUT2D eigenvalue weighted by Crippen LogP contribution is -2.13. The molecule has 156 valence electrons. The number of carbonyl (C=O) groups is 1. The fourth-order valence-electron chi connectivity index (χ4n) is 2.78. The Labute approximate surface area is 199 Å². The van der Waals surface area contributed by atoms with E-state index in [2.05, 4.69) is 27.9 Å². The van der Waals surface area contributed by atoms with Crippen LogP contribution in [0.2, 0.25) is 5.02 Å². The van der Waals surface area contributed by atoms with Gasteiger partial charge in [-0.05, 0) is 76.2 Å². The standard InChI is InChI=1S/C24H18ClIN2O3/c1-30-22-13-17(10-18(14-27)24(29)28-20-8-3-2-4-9-20)12-21(26)23(22)31-15-16-6-5-7-19(25)11-16/h2-13H,15H2,1H3,(H,28,29)/b18-10+. The first-order chi connectivity index (χ1) is 15.0. The van der Waals surface area contributed by atoms with Crippen molar-refractivity contribution < 1.29 is 14.3 Å². The molecule has 7 heteroatoms. The van der Waals surface area contributed by atoms with E-state index in [0.29, 0.717) is 34.4 Å². The molecule has 0 saturated carbocycles. The second-order valence-corrected chi connectivity index (χ2v) is 8.04. The average Bonchev–Trinajstić information content (AvgIpc) is 2.77. The summed E-state index contributed by atoms with van der Waals surface area (Å²) in [6, 6.07) is 21.9. The molecule has 0 unspecified atom stereocenters. The van der Waals surface area contributed by atoms with Gasteiger partial charge in [0.25, 0.3) is 5.91 Å². The molecule has 0 aromatic heterocycles. The van der Waals surface area contributed by atoms with Gasteiger partial charge in [0.1, 0.15) is 18.2 Å². The summed E-state index contributed by atoms with van der Waals surface area (Å²) >= 11 is 8.16. The van der Waals surface area contributed by atoms with E-state index < -0.39 is 5.91 Å². The second-order valence-electron chi connectivity index (χ2n) is 6.44. The lowest BCUT2D eigenvalue weighted by Gasteiger charge is -2.14. The lowest BCUT2D eigenvalue weighted by atomic mass is 10.1. The normalized spacial score (nSPS) is 10.8. The quantitative estimate of drug-likeness (QED) is 0.222. The van der Waals surface area contributed by atoms with Crippen molar-refractivity contribution in [2.24, 2.45) is 0 Å². The number of rotatable bonds is 7. The van der Waals surface area contributed by atoms with Gasteiger partial charge in [0.05, 0.1) is 10.7 Å². The maximum Gasteiger partial charge on any atom is 0.266 e. The third kappa shape index (κ3) is 6.23. The molecule has 0 aliphatic heterocycles. The van der Waals surface area contributed by atoms with E-state index in [9.17, 15) is 10.1 Å². The zero-order valence-corrected chi connectivity index (χ0v) is 19.5. The highest BCUT2D eigenvalue weighted by Crippen LogP contribution is 2.35. The minimum Gasteiger partial charge on any atom is -0.493 e. The summed E-state index contributed by atoms with van der Waals surface area (Å²) in [7, 11) is 1.54. The number of para-hydroxylation sites is 1. The van der Waals surface area contributed by atoms with E-state index in [1.807, 2.05) is 36.4 Å². The van der Waals surface area contributed by atoms with E-state index in [0.717, 1.165) is 9.13 Å². The Balaban J connectivity index is 1.82. The van der Waals surface area contributed by atoms with Crippen LogP contribution in [0.5, 0.6) is 11.5 Å². The summed E-state index contributed by atoms with van der Waals surface area (Å²) in [5.74, 6) is 0.595. The van der Waals surface area contributed by atoms with Gasteiger partial charge in [-0.25, -0.2) is 0 Å². The molecule has 0 radical (unpaired) electrons. The van der Waals surface area contributed by atoms with Crippen molar-refractivity contribution in [2.75, 3.05) is 12.4 Å². The molecule has 0 saturated heterocycles. The van der Waals surface area contributed by atoms with Crippen LogP contribution >= 0.6 is 34.2 Å². The molecular weight excluding hydrogens is 527 g/mol. The van der Waals surface area contributed by atoms with E-state index >= 15 is 0 Å². The van der Waals surface area contributed by atoms with Crippen molar-refractivity contribution >= 4 is 51.9 Å². The van der Waals surface area contributed by atoms with Crippen LogP contribution in [0.3, 0.4) is 0 Å². The number of benzene rings is 3. The van der Waals surface area contributed by atoms with E-state index in [1.165, 1.54) is 6.08 Å². The van der Waals surface area contributed by atoms with E-state index in [-0.39, 0.29) is 5.57 Å². The Morgan fingerprint density at radius 1 is 1.16 bits per heavy atom. The van der Waals surface area contributed by atoms with Gasteiger partial charge in [-0.1, -0.05) is 41.9 Å². The molecule has 3 aromatic rings. The van der Waals surface area contributed by atoms with Crippen molar-refractivity contribution in [3.05, 3.63) is 92.0 Å². The fraction of sp³-hybridized carbons (Fsp3) is 0.0833. The molecule has 0 fully saturated rings. The molecule has 31 heavy (non-hydrogen) atoms. The second kappa shape index (κ2) is 10.8. The molecular formula is C24H18ClIN2O3. The molecule has 0 heterocycles. The number of halogens is 2. The van der Waals surface area contributed by atoms with Crippen LogP contribution in [0.1, 0.15) is 11.1 Å². The van der Waals surface area contributed by atoms with Gasteiger partial charge >= 0.3 is 0 Å². The lowest BCUT2D eigenvalue weighted by molar-refractivity contribution is -0.112.